The zero-order valence-corrected chi connectivity index (χ0v) is 11.4. The maximum Gasteiger partial charge on any atom is 0.0925 e. The van der Waals surface area contributed by atoms with Gasteiger partial charge in [0.15, 0.2) is 0 Å². The van der Waals surface area contributed by atoms with E-state index in [9.17, 15) is 0 Å². The van der Waals surface area contributed by atoms with Crippen LogP contribution in [0.2, 0.25) is 0 Å². The number of imidazole rings is 1. The quantitative estimate of drug-likeness (QED) is 0.834. The van der Waals surface area contributed by atoms with Gasteiger partial charge in [-0.25, -0.2) is 4.98 Å². The fourth-order valence-corrected chi connectivity index (χ4v) is 2.61. The largest absolute Gasteiger partial charge is 0.347 e. The molecule has 96 valence electrons. The lowest BCUT2D eigenvalue weighted by molar-refractivity contribution is 0.204. The molecule has 1 aromatic rings. The summed E-state index contributed by atoms with van der Waals surface area (Å²) in [5, 5.41) is 3.57. The lowest BCUT2D eigenvalue weighted by Crippen LogP contribution is -2.45. The van der Waals surface area contributed by atoms with Crippen LogP contribution in [0.3, 0.4) is 0 Å². The number of H-pyrrole nitrogens is 1. The number of rotatable bonds is 3. The van der Waals surface area contributed by atoms with E-state index in [1.807, 2.05) is 0 Å². The molecule has 0 fully saturated rings. The number of likely N-dealkylation sites (N-methyl/N-ethyl adjacent to an activating group) is 1. The van der Waals surface area contributed by atoms with Crippen molar-refractivity contribution in [2.45, 2.75) is 39.8 Å². The summed E-state index contributed by atoms with van der Waals surface area (Å²) in [6.07, 6.45) is 2.83. The molecule has 0 radical (unpaired) electrons. The first-order valence-electron chi connectivity index (χ1n) is 6.37. The summed E-state index contributed by atoms with van der Waals surface area (Å²) in [6, 6.07) is 0.526. The normalized spacial score (nSPS) is 20.6. The van der Waals surface area contributed by atoms with Crippen molar-refractivity contribution in [3.63, 3.8) is 0 Å². The molecule has 2 N–H and O–H groups in total. The molecule has 0 amide bonds. The van der Waals surface area contributed by atoms with E-state index < -0.39 is 0 Å². The first kappa shape index (κ1) is 12.6. The predicted molar refractivity (Wildman–Crippen MR) is 69.9 cm³/mol. The zero-order valence-electron chi connectivity index (χ0n) is 11.4. The molecule has 0 saturated heterocycles. The van der Waals surface area contributed by atoms with E-state index in [1.54, 1.807) is 6.33 Å². The second-order valence-corrected chi connectivity index (χ2v) is 6.37. The number of hydrogen-bond acceptors (Lipinski definition) is 3. The van der Waals surface area contributed by atoms with Gasteiger partial charge in [0.2, 0.25) is 0 Å². The van der Waals surface area contributed by atoms with E-state index >= 15 is 0 Å². The van der Waals surface area contributed by atoms with Crippen LogP contribution in [0.4, 0.5) is 0 Å². The number of nitrogens with zero attached hydrogens (tertiary/aromatic N) is 2. The molecular weight excluding hydrogens is 212 g/mol. The van der Waals surface area contributed by atoms with Gasteiger partial charge in [-0.05, 0) is 12.5 Å². The number of fused-ring (bicyclic) bond motifs is 1. The molecule has 0 spiro atoms. The van der Waals surface area contributed by atoms with E-state index in [0.29, 0.717) is 11.5 Å². The highest BCUT2D eigenvalue weighted by Gasteiger charge is 2.22. The molecule has 4 heteroatoms. The van der Waals surface area contributed by atoms with Gasteiger partial charge < -0.3 is 15.2 Å². The fourth-order valence-electron chi connectivity index (χ4n) is 2.61. The molecule has 0 saturated carbocycles. The molecular formula is C13H24N4. The molecule has 2 heterocycles. The van der Waals surface area contributed by atoms with Crippen LogP contribution in [0.1, 0.15) is 32.2 Å². The van der Waals surface area contributed by atoms with Crippen LogP contribution in [0.5, 0.6) is 0 Å². The van der Waals surface area contributed by atoms with Crippen molar-refractivity contribution >= 4 is 0 Å². The number of hydrogen-bond donors (Lipinski definition) is 2. The van der Waals surface area contributed by atoms with Crippen LogP contribution in [-0.4, -0.2) is 41.0 Å². The van der Waals surface area contributed by atoms with Gasteiger partial charge in [-0.15, -0.1) is 0 Å². The SMILES string of the molecule is CN(CC1Cc2nc[nH]c2CN1)CC(C)(C)C. The summed E-state index contributed by atoms with van der Waals surface area (Å²) >= 11 is 0. The minimum absolute atomic E-state index is 0.362. The molecule has 1 aromatic heterocycles. The van der Waals surface area contributed by atoms with Gasteiger partial charge in [0.05, 0.1) is 17.7 Å². The topological polar surface area (TPSA) is 44.0 Å². The van der Waals surface area contributed by atoms with E-state index in [1.165, 1.54) is 11.4 Å². The van der Waals surface area contributed by atoms with Crippen molar-refractivity contribution in [1.29, 1.82) is 0 Å². The number of aromatic nitrogens is 2. The van der Waals surface area contributed by atoms with Crippen molar-refractivity contribution in [1.82, 2.24) is 20.2 Å². The van der Waals surface area contributed by atoms with Crippen LogP contribution in [0.25, 0.3) is 0 Å². The second-order valence-electron chi connectivity index (χ2n) is 6.37. The Labute approximate surface area is 104 Å². The van der Waals surface area contributed by atoms with Crippen LogP contribution >= 0.6 is 0 Å². The van der Waals surface area contributed by atoms with Gasteiger partial charge in [0, 0.05) is 32.1 Å². The standard InChI is InChI=1S/C13H24N4/c1-13(2,3)8-17(4)7-10-5-11-12(6-14-10)16-9-15-11/h9-10,14H,5-8H2,1-4H3,(H,15,16). The maximum atomic E-state index is 4.37. The Hall–Kier alpha value is -0.870. The van der Waals surface area contributed by atoms with Crippen LogP contribution in [-0.2, 0) is 13.0 Å². The summed E-state index contributed by atoms with van der Waals surface area (Å²) in [7, 11) is 2.20. The summed E-state index contributed by atoms with van der Waals surface area (Å²) in [5.41, 5.74) is 2.85. The molecule has 1 aliphatic rings. The lowest BCUT2D eigenvalue weighted by atomic mass is 9.95. The minimum atomic E-state index is 0.362. The highest BCUT2D eigenvalue weighted by Crippen LogP contribution is 2.16. The van der Waals surface area contributed by atoms with Crippen LogP contribution < -0.4 is 5.32 Å². The summed E-state index contributed by atoms with van der Waals surface area (Å²) in [4.78, 5) is 9.97. The lowest BCUT2D eigenvalue weighted by Gasteiger charge is -2.31. The molecule has 1 aliphatic heterocycles. The first-order chi connectivity index (χ1) is 7.94. The molecule has 2 rings (SSSR count). The third-order valence-electron chi connectivity index (χ3n) is 3.09. The average Bonchev–Trinajstić information content (AvgIpc) is 2.61. The van der Waals surface area contributed by atoms with E-state index in [-0.39, 0.29) is 0 Å². The minimum Gasteiger partial charge on any atom is -0.347 e. The maximum absolute atomic E-state index is 4.37. The average molecular weight is 236 g/mol. The van der Waals surface area contributed by atoms with Crippen LogP contribution in [0.15, 0.2) is 6.33 Å². The Morgan fingerprint density at radius 3 is 2.94 bits per heavy atom. The number of aromatic amines is 1. The van der Waals surface area contributed by atoms with E-state index in [0.717, 1.165) is 26.1 Å². The molecule has 1 unspecified atom stereocenters. The smallest absolute Gasteiger partial charge is 0.0925 e. The van der Waals surface area contributed by atoms with Crippen molar-refractivity contribution < 1.29 is 0 Å². The monoisotopic (exact) mass is 236 g/mol. The predicted octanol–water partition coefficient (Wildman–Crippen LogP) is 1.40. The van der Waals surface area contributed by atoms with Gasteiger partial charge in [-0.1, -0.05) is 20.8 Å². The Balaban J connectivity index is 1.85. The van der Waals surface area contributed by atoms with Crippen LogP contribution in [0, 0.1) is 5.41 Å². The molecule has 17 heavy (non-hydrogen) atoms. The first-order valence-corrected chi connectivity index (χ1v) is 6.37. The molecule has 1 atom stereocenters. The molecule has 0 aromatic carbocycles. The zero-order chi connectivity index (χ0) is 12.5. The van der Waals surface area contributed by atoms with Gasteiger partial charge in [0.1, 0.15) is 0 Å². The van der Waals surface area contributed by atoms with Gasteiger partial charge >= 0.3 is 0 Å². The highest BCUT2D eigenvalue weighted by atomic mass is 15.1. The molecule has 0 aliphatic carbocycles. The van der Waals surface area contributed by atoms with Gasteiger partial charge in [-0.2, -0.15) is 0 Å². The third kappa shape index (κ3) is 3.54. The third-order valence-corrected chi connectivity index (χ3v) is 3.09. The summed E-state index contributed by atoms with van der Waals surface area (Å²) in [5.74, 6) is 0. The fraction of sp³-hybridized carbons (Fsp3) is 0.769. The van der Waals surface area contributed by atoms with Crippen molar-refractivity contribution in [3.8, 4) is 0 Å². The highest BCUT2D eigenvalue weighted by molar-refractivity contribution is 5.15. The number of nitrogens with one attached hydrogen (secondary N) is 2. The van der Waals surface area contributed by atoms with Crippen molar-refractivity contribution in [2.75, 3.05) is 20.1 Å². The Kier molecular flexibility index (Phi) is 3.54. The van der Waals surface area contributed by atoms with Crippen molar-refractivity contribution in [3.05, 3.63) is 17.7 Å². The summed E-state index contributed by atoms with van der Waals surface area (Å²) in [6.45, 7) is 9.97. The molecule has 0 bridgehead atoms. The van der Waals surface area contributed by atoms with E-state index in [4.69, 9.17) is 0 Å². The van der Waals surface area contributed by atoms with E-state index in [2.05, 4.69) is 48.0 Å². The Morgan fingerprint density at radius 1 is 1.47 bits per heavy atom. The Morgan fingerprint density at radius 2 is 2.24 bits per heavy atom. The van der Waals surface area contributed by atoms with Gasteiger partial charge in [0.25, 0.3) is 0 Å². The van der Waals surface area contributed by atoms with Gasteiger partial charge in [-0.3, -0.25) is 0 Å². The second kappa shape index (κ2) is 4.78. The van der Waals surface area contributed by atoms with Crippen molar-refractivity contribution in [2.24, 2.45) is 5.41 Å². The summed E-state index contributed by atoms with van der Waals surface area (Å²) < 4.78 is 0. The Bertz CT molecular complexity index is 364. The molecule has 4 nitrogen and oxygen atoms in total.